The Labute approximate surface area is 95.2 Å². The van der Waals surface area contributed by atoms with Crippen LogP contribution in [0.5, 0.6) is 0 Å². The summed E-state index contributed by atoms with van der Waals surface area (Å²) in [4.78, 5) is 15.9. The Kier molecular flexibility index (Phi) is 3.24. The third kappa shape index (κ3) is 2.41. The van der Waals surface area contributed by atoms with Gasteiger partial charge < -0.3 is 15.2 Å². The smallest absolute Gasteiger partial charge is 0.227 e. The molecule has 1 saturated heterocycles. The summed E-state index contributed by atoms with van der Waals surface area (Å²) in [6.07, 6.45) is 6.31. The molecule has 5 nitrogen and oxygen atoms in total. The maximum absolute atomic E-state index is 11.9. The highest BCUT2D eigenvalue weighted by atomic mass is 16.2. The zero-order chi connectivity index (χ0) is 11.4. The third-order valence-electron chi connectivity index (χ3n) is 3.13. The molecule has 1 amide bonds. The van der Waals surface area contributed by atoms with Crippen molar-refractivity contribution >= 4 is 5.91 Å². The van der Waals surface area contributed by atoms with E-state index in [1.54, 1.807) is 12.5 Å². The Morgan fingerprint density at radius 2 is 2.56 bits per heavy atom. The van der Waals surface area contributed by atoms with Gasteiger partial charge in [0, 0.05) is 32.0 Å². The second-order valence-corrected chi connectivity index (χ2v) is 4.54. The van der Waals surface area contributed by atoms with Gasteiger partial charge in [-0.3, -0.25) is 4.79 Å². The maximum atomic E-state index is 11.9. The summed E-state index contributed by atoms with van der Waals surface area (Å²) in [5.41, 5.74) is -0.227. The molecule has 16 heavy (non-hydrogen) atoms. The van der Waals surface area contributed by atoms with Gasteiger partial charge in [0.25, 0.3) is 0 Å². The van der Waals surface area contributed by atoms with Crippen LogP contribution >= 0.6 is 0 Å². The van der Waals surface area contributed by atoms with E-state index in [1.165, 1.54) is 0 Å². The van der Waals surface area contributed by atoms with Crippen LogP contribution in [0.2, 0.25) is 0 Å². The van der Waals surface area contributed by atoms with Crippen LogP contribution in [0.1, 0.15) is 13.3 Å². The predicted molar refractivity (Wildman–Crippen MR) is 60.8 cm³/mol. The standard InChI is InChI=1S/C11H18N4O/c1-11(2-3-12-8-11)10(16)14-5-7-15-6-4-13-9-15/h4,6,9,12H,2-3,5,7-8H2,1H3,(H,14,16). The Balaban J connectivity index is 1.75. The van der Waals surface area contributed by atoms with Crippen molar-refractivity contribution in [1.82, 2.24) is 20.2 Å². The summed E-state index contributed by atoms with van der Waals surface area (Å²) in [6.45, 7) is 5.16. The van der Waals surface area contributed by atoms with E-state index >= 15 is 0 Å². The Morgan fingerprint density at radius 3 is 3.19 bits per heavy atom. The summed E-state index contributed by atoms with van der Waals surface area (Å²) < 4.78 is 1.95. The molecule has 2 N–H and O–H groups in total. The van der Waals surface area contributed by atoms with Crippen LogP contribution in [0.4, 0.5) is 0 Å². The third-order valence-corrected chi connectivity index (χ3v) is 3.13. The van der Waals surface area contributed by atoms with Crippen molar-refractivity contribution in [1.29, 1.82) is 0 Å². The molecule has 2 rings (SSSR count). The molecule has 1 unspecified atom stereocenters. The molecule has 2 heterocycles. The highest BCUT2D eigenvalue weighted by Crippen LogP contribution is 2.24. The first-order valence-corrected chi connectivity index (χ1v) is 5.65. The number of nitrogens with one attached hydrogen (secondary N) is 2. The van der Waals surface area contributed by atoms with Gasteiger partial charge in [-0.2, -0.15) is 0 Å². The van der Waals surface area contributed by atoms with E-state index in [0.29, 0.717) is 6.54 Å². The van der Waals surface area contributed by atoms with Crippen molar-refractivity contribution in [2.24, 2.45) is 5.41 Å². The summed E-state index contributed by atoms with van der Waals surface area (Å²) in [5.74, 6) is 0.151. The number of hydrogen-bond donors (Lipinski definition) is 2. The van der Waals surface area contributed by atoms with E-state index in [0.717, 1.165) is 26.1 Å². The van der Waals surface area contributed by atoms with Crippen LogP contribution in [0.25, 0.3) is 0 Å². The lowest BCUT2D eigenvalue weighted by molar-refractivity contribution is -0.129. The van der Waals surface area contributed by atoms with Crippen molar-refractivity contribution in [2.75, 3.05) is 19.6 Å². The minimum atomic E-state index is -0.227. The summed E-state index contributed by atoms with van der Waals surface area (Å²) >= 11 is 0. The van der Waals surface area contributed by atoms with Gasteiger partial charge in [-0.05, 0) is 19.9 Å². The van der Waals surface area contributed by atoms with Gasteiger partial charge in [-0.25, -0.2) is 4.98 Å². The Bertz CT molecular complexity index is 341. The van der Waals surface area contributed by atoms with Crippen molar-refractivity contribution in [2.45, 2.75) is 19.9 Å². The highest BCUT2D eigenvalue weighted by molar-refractivity contribution is 5.82. The molecule has 0 saturated carbocycles. The quantitative estimate of drug-likeness (QED) is 0.754. The maximum Gasteiger partial charge on any atom is 0.227 e. The van der Waals surface area contributed by atoms with Crippen molar-refractivity contribution < 1.29 is 4.79 Å². The van der Waals surface area contributed by atoms with Gasteiger partial charge in [-0.1, -0.05) is 0 Å². The van der Waals surface area contributed by atoms with Crippen molar-refractivity contribution in [3.8, 4) is 0 Å². The Hall–Kier alpha value is -1.36. The van der Waals surface area contributed by atoms with Crippen LogP contribution in [0.3, 0.4) is 0 Å². The fourth-order valence-electron chi connectivity index (χ4n) is 1.94. The zero-order valence-electron chi connectivity index (χ0n) is 9.57. The van der Waals surface area contributed by atoms with Crippen LogP contribution in [-0.4, -0.2) is 35.1 Å². The molecular formula is C11H18N4O. The van der Waals surface area contributed by atoms with Gasteiger partial charge in [-0.15, -0.1) is 0 Å². The summed E-state index contributed by atoms with van der Waals surface area (Å²) in [7, 11) is 0. The molecule has 1 aliphatic rings. The number of rotatable bonds is 4. The predicted octanol–water partition coefficient (Wildman–Crippen LogP) is -0.00110. The van der Waals surface area contributed by atoms with Crippen LogP contribution in [-0.2, 0) is 11.3 Å². The number of hydrogen-bond acceptors (Lipinski definition) is 3. The molecule has 5 heteroatoms. The van der Waals surface area contributed by atoms with Crippen LogP contribution < -0.4 is 10.6 Å². The van der Waals surface area contributed by atoms with Crippen molar-refractivity contribution in [3.63, 3.8) is 0 Å². The second kappa shape index (κ2) is 4.65. The van der Waals surface area contributed by atoms with Crippen molar-refractivity contribution in [3.05, 3.63) is 18.7 Å². The van der Waals surface area contributed by atoms with Gasteiger partial charge in [0.15, 0.2) is 0 Å². The molecule has 1 aromatic heterocycles. The fourth-order valence-corrected chi connectivity index (χ4v) is 1.94. The first-order valence-electron chi connectivity index (χ1n) is 5.65. The number of aromatic nitrogens is 2. The molecular weight excluding hydrogens is 204 g/mol. The number of carbonyl (C=O) groups is 1. The minimum Gasteiger partial charge on any atom is -0.354 e. The molecule has 88 valence electrons. The van der Waals surface area contributed by atoms with E-state index in [4.69, 9.17) is 0 Å². The second-order valence-electron chi connectivity index (χ2n) is 4.54. The highest BCUT2D eigenvalue weighted by Gasteiger charge is 2.35. The van der Waals surface area contributed by atoms with Gasteiger partial charge in [0.05, 0.1) is 11.7 Å². The molecule has 0 bridgehead atoms. The zero-order valence-corrected chi connectivity index (χ0v) is 9.57. The normalized spacial score (nSPS) is 24.6. The average Bonchev–Trinajstić information content (AvgIpc) is 2.90. The monoisotopic (exact) mass is 222 g/mol. The van der Waals surface area contributed by atoms with Gasteiger partial charge in [0.2, 0.25) is 5.91 Å². The van der Waals surface area contributed by atoms with E-state index in [1.807, 2.05) is 17.7 Å². The lowest BCUT2D eigenvalue weighted by atomic mass is 9.89. The molecule has 0 spiro atoms. The van der Waals surface area contributed by atoms with Crippen LogP contribution in [0, 0.1) is 5.41 Å². The number of nitrogens with zero attached hydrogens (tertiary/aromatic N) is 2. The topological polar surface area (TPSA) is 59.0 Å². The molecule has 1 aliphatic heterocycles. The molecule has 0 radical (unpaired) electrons. The fraction of sp³-hybridized carbons (Fsp3) is 0.636. The molecule has 0 aromatic carbocycles. The van der Waals surface area contributed by atoms with Gasteiger partial charge in [0.1, 0.15) is 0 Å². The lowest BCUT2D eigenvalue weighted by Gasteiger charge is -2.21. The Morgan fingerprint density at radius 1 is 1.69 bits per heavy atom. The molecule has 0 aliphatic carbocycles. The molecule has 1 atom stereocenters. The lowest BCUT2D eigenvalue weighted by Crippen LogP contribution is -2.41. The first kappa shape index (κ1) is 11.1. The first-order chi connectivity index (χ1) is 7.71. The summed E-state index contributed by atoms with van der Waals surface area (Å²) in [5, 5.41) is 6.20. The average molecular weight is 222 g/mol. The largest absolute Gasteiger partial charge is 0.354 e. The van der Waals surface area contributed by atoms with E-state index in [-0.39, 0.29) is 11.3 Å². The number of imidazole rings is 1. The number of carbonyl (C=O) groups excluding carboxylic acids is 1. The summed E-state index contributed by atoms with van der Waals surface area (Å²) in [6, 6.07) is 0. The van der Waals surface area contributed by atoms with Crippen LogP contribution in [0.15, 0.2) is 18.7 Å². The minimum absolute atomic E-state index is 0.151. The van der Waals surface area contributed by atoms with E-state index in [9.17, 15) is 4.79 Å². The van der Waals surface area contributed by atoms with E-state index < -0.39 is 0 Å². The number of amides is 1. The molecule has 1 fully saturated rings. The van der Waals surface area contributed by atoms with Gasteiger partial charge >= 0.3 is 0 Å². The SMILES string of the molecule is CC1(C(=O)NCCn2ccnc2)CCNC1. The van der Waals surface area contributed by atoms with E-state index in [2.05, 4.69) is 15.6 Å². The molecule has 1 aromatic rings.